The van der Waals surface area contributed by atoms with E-state index in [2.05, 4.69) is 0 Å². The predicted molar refractivity (Wildman–Crippen MR) is 79.4 cm³/mol. The van der Waals surface area contributed by atoms with Crippen LogP contribution in [-0.2, 0) is 20.9 Å². The third-order valence-corrected chi connectivity index (χ3v) is 2.32. The molecular weight excluding hydrogens is 270 g/mol. The highest BCUT2D eigenvalue weighted by molar-refractivity contribution is 5.89. The van der Waals surface area contributed by atoms with Gasteiger partial charge in [0, 0.05) is 11.8 Å². The van der Waals surface area contributed by atoms with Crippen molar-refractivity contribution in [3.8, 4) is 0 Å². The zero-order chi connectivity index (χ0) is 16.0. The smallest absolute Gasteiger partial charge is 0.338 e. The Balaban J connectivity index is 2.60. The standard InChI is InChI=1S/C16H21NO4/c1-11(17)9-14(18)20-10-12-5-7-13(8-6-12)15(19)21-16(2,3)4/h5-9H,10,17H2,1-4H3/b11-9-. The first kappa shape index (κ1) is 16.8. The lowest BCUT2D eigenvalue weighted by Crippen LogP contribution is -2.23. The molecule has 0 unspecified atom stereocenters. The van der Waals surface area contributed by atoms with Gasteiger partial charge in [-0.1, -0.05) is 12.1 Å². The predicted octanol–water partition coefficient (Wildman–Crippen LogP) is 2.55. The van der Waals surface area contributed by atoms with Gasteiger partial charge in [0.2, 0.25) is 0 Å². The highest BCUT2D eigenvalue weighted by Gasteiger charge is 2.17. The summed E-state index contributed by atoms with van der Waals surface area (Å²) in [6.07, 6.45) is 1.22. The van der Waals surface area contributed by atoms with Crippen molar-refractivity contribution in [2.75, 3.05) is 0 Å². The van der Waals surface area contributed by atoms with Gasteiger partial charge in [-0.25, -0.2) is 9.59 Å². The fourth-order valence-electron chi connectivity index (χ4n) is 1.46. The van der Waals surface area contributed by atoms with Gasteiger partial charge in [-0.2, -0.15) is 0 Å². The van der Waals surface area contributed by atoms with Gasteiger partial charge in [0.05, 0.1) is 5.56 Å². The van der Waals surface area contributed by atoms with E-state index in [0.717, 1.165) is 5.56 Å². The summed E-state index contributed by atoms with van der Waals surface area (Å²) in [6, 6.07) is 6.71. The molecule has 0 aromatic heterocycles. The van der Waals surface area contributed by atoms with E-state index in [4.69, 9.17) is 15.2 Å². The van der Waals surface area contributed by atoms with Crippen LogP contribution in [0.1, 0.15) is 43.6 Å². The monoisotopic (exact) mass is 291 g/mol. The molecule has 0 aliphatic carbocycles. The summed E-state index contributed by atoms with van der Waals surface area (Å²) in [5.74, 6) is -0.876. The quantitative estimate of drug-likeness (QED) is 0.681. The summed E-state index contributed by atoms with van der Waals surface area (Å²) in [5, 5.41) is 0. The molecule has 0 bridgehead atoms. The van der Waals surface area contributed by atoms with Crippen molar-refractivity contribution < 1.29 is 19.1 Å². The Labute approximate surface area is 124 Å². The summed E-state index contributed by atoms with van der Waals surface area (Å²) < 4.78 is 10.3. The van der Waals surface area contributed by atoms with Gasteiger partial charge in [-0.15, -0.1) is 0 Å². The molecule has 0 spiro atoms. The van der Waals surface area contributed by atoms with Crippen LogP contribution in [-0.4, -0.2) is 17.5 Å². The molecule has 0 heterocycles. The van der Waals surface area contributed by atoms with Crippen molar-refractivity contribution in [3.05, 3.63) is 47.2 Å². The van der Waals surface area contributed by atoms with Gasteiger partial charge in [0.1, 0.15) is 12.2 Å². The van der Waals surface area contributed by atoms with Gasteiger partial charge in [0.25, 0.3) is 0 Å². The van der Waals surface area contributed by atoms with Crippen molar-refractivity contribution in [3.63, 3.8) is 0 Å². The van der Waals surface area contributed by atoms with E-state index < -0.39 is 11.6 Å². The van der Waals surface area contributed by atoms with Crippen LogP contribution in [0.15, 0.2) is 36.0 Å². The lowest BCUT2D eigenvalue weighted by molar-refractivity contribution is -0.139. The Morgan fingerprint density at radius 1 is 1.19 bits per heavy atom. The van der Waals surface area contributed by atoms with Crippen LogP contribution >= 0.6 is 0 Å². The normalized spacial score (nSPS) is 11.9. The minimum atomic E-state index is -0.530. The van der Waals surface area contributed by atoms with E-state index in [1.54, 1.807) is 31.2 Å². The van der Waals surface area contributed by atoms with E-state index >= 15 is 0 Å². The Kier molecular flexibility index (Phi) is 5.52. The summed E-state index contributed by atoms with van der Waals surface area (Å²) >= 11 is 0. The average molecular weight is 291 g/mol. The van der Waals surface area contributed by atoms with Crippen LogP contribution in [0.3, 0.4) is 0 Å². The Bertz CT molecular complexity index is 534. The van der Waals surface area contributed by atoms with Gasteiger partial charge in [-0.05, 0) is 45.4 Å². The van der Waals surface area contributed by atoms with Crippen molar-refractivity contribution >= 4 is 11.9 Å². The Hall–Kier alpha value is -2.30. The molecular formula is C16H21NO4. The molecule has 1 aromatic rings. The molecule has 0 radical (unpaired) electrons. The highest BCUT2D eigenvalue weighted by Crippen LogP contribution is 2.13. The Morgan fingerprint density at radius 2 is 1.76 bits per heavy atom. The third kappa shape index (κ3) is 6.61. The maximum absolute atomic E-state index is 11.8. The summed E-state index contributed by atoms with van der Waals surface area (Å²) in [4.78, 5) is 23.1. The maximum Gasteiger partial charge on any atom is 0.338 e. The zero-order valence-corrected chi connectivity index (χ0v) is 12.8. The van der Waals surface area contributed by atoms with Crippen LogP contribution in [0, 0.1) is 0 Å². The van der Waals surface area contributed by atoms with E-state index in [1.165, 1.54) is 6.08 Å². The van der Waals surface area contributed by atoms with Crippen molar-refractivity contribution in [2.45, 2.75) is 39.9 Å². The number of allylic oxidation sites excluding steroid dienone is 1. The second-order valence-electron chi connectivity index (χ2n) is 5.69. The zero-order valence-electron chi connectivity index (χ0n) is 12.8. The van der Waals surface area contributed by atoms with E-state index in [1.807, 2.05) is 20.8 Å². The number of hydrogen-bond acceptors (Lipinski definition) is 5. The molecule has 0 atom stereocenters. The fourth-order valence-corrected chi connectivity index (χ4v) is 1.46. The molecule has 5 heteroatoms. The second kappa shape index (κ2) is 6.92. The van der Waals surface area contributed by atoms with E-state index in [9.17, 15) is 9.59 Å². The van der Waals surface area contributed by atoms with Gasteiger partial charge < -0.3 is 15.2 Å². The molecule has 0 aliphatic rings. The van der Waals surface area contributed by atoms with E-state index in [0.29, 0.717) is 11.3 Å². The molecule has 0 fully saturated rings. The largest absolute Gasteiger partial charge is 0.458 e. The first-order chi connectivity index (χ1) is 9.67. The van der Waals surface area contributed by atoms with Crippen molar-refractivity contribution in [1.82, 2.24) is 0 Å². The third-order valence-electron chi connectivity index (χ3n) is 2.32. The average Bonchev–Trinajstić information content (AvgIpc) is 2.34. The SMILES string of the molecule is C/C(N)=C/C(=O)OCc1ccc(C(=O)OC(C)(C)C)cc1. The molecule has 0 amide bonds. The molecule has 0 aliphatic heterocycles. The molecule has 21 heavy (non-hydrogen) atoms. The minimum absolute atomic E-state index is 0.122. The maximum atomic E-state index is 11.8. The highest BCUT2D eigenvalue weighted by atomic mass is 16.6. The van der Waals surface area contributed by atoms with Crippen LogP contribution in [0.5, 0.6) is 0 Å². The number of benzene rings is 1. The first-order valence-electron chi connectivity index (χ1n) is 6.60. The number of nitrogens with two attached hydrogens (primary N) is 1. The molecule has 2 N–H and O–H groups in total. The number of hydrogen-bond donors (Lipinski definition) is 1. The molecule has 0 saturated heterocycles. The van der Waals surface area contributed by atoms with Crippen LogP contribution in [0.25, 0.3) is 0 Å². The number of carbonyl (C=O) groups is 2. The van der Waals surface area contributed by atoms with Crippen LogP contribution in [0.4, 0.5) is 0 Å². The lowest BCUT2D eigenvalue weighted by atomic mass is 10.1. The molecule has 0 saturated carbocycles. The van der Waals surface area contributed by atoms with Crippen molar-refractivity contribution in [1.29, 1.82) is 0 Å². The molecule has 5 nitrogen and oxygen atoms in total. The van der Waals surface area contributed by atoms with Crippen molar-refractivity contribution in [2.24, 2.45) is 5.73 Å². The second-order valence-corrected chi connectivity index (χ2v) is 5.69. The van der Waals surface area contributed by atoms with Crippen LogP contribution < -0.4 is 5.73 Å². The fraction of sp³-hybridized carbons (Fsp3) is 0.375. The Morgan fingerprint density at radius 3 is 2.24 bits per heavy atom. The minimum Gasteiger partial charge on any atom is -0.458 e. The van der Waals surface area contributed by atoms with Gasteiger partial charge in [-0.3, -0.25) is 0 Å². The van der Waals surface area contributed by atoms with Gasteiger partial charge >= 0.3 is 11.9 Å². The summed E-state index contributed by atoms with van der Waals surface area (Å²) in [7, 11) is 0. The molecule has 1 rings (SSSR count). The number of carbonyl (C=O) groups excluding carboxylic acids is 2. The summed E-state index contributed by atoms with van der Waals surface area (Å²) in [6.45, 7) is 7.16. The first-order valence-corrected chi connectivity index (χ1v) is 6.60. The number of ether oxygens (including phenoxy) is 2. The number of rotatable bonds is 4. The molecule has 1 aromatic carbocycles. The van der Waals surface area contributed by atoms with E-state index in [-0.39, 0.29) is 12.6 Å². The van der Waals surface area contributed by atoms with Gasteiger partial charge in [0.15, 0.2) is 0 Å². The molecule has 114 valence electrons. The topological polar surface area (TPSA) is 78.6 Å². The lowest BCUT2D eigenvalue weighted by Gasteiger charge is -2.19. The number of esters is 2. The summed E-state index contributed by atoms with van der Waals surface area (Å²) in [5.41, 5.74) is 6.47. The van der Waals surface area contributed by atoms with Crippen LogP contribution in [0.2, 0.25) is 0 Å².